The first-order valence-electron chi connectivity index (χ1n) is 3.72. The maximum atomic E-state index is 12.9. The van der Waals surface area contributed by atoms with Gasteiger partial charge in [-0.15, -0.1) is 0 Å². The van der Waals surface area contributed by atoms with Gasteiger partial charge in [0.05, 0.1) is 7.11 Å². The Labute approximate surface area is 79.9 Å². The summed E-state index contributed by atoms with van der Waals surface area (Å²) < 4.78 is 17.6. The van der Waals surface area contributed by atoms with Crippen LogP contribution < -0.4 is 10.1 Å². The minimum Gasteiger partial charge on any atom is -0.494 e. The zero-order valence-electron chi connectivity index (χ0n) is 7.37. The van der Waals surface area contributed by atoms with Gasteiger partial charge in [-0.05, 0) is 18.2 Å². The highest BCUT2D eigenvalue weighted by molar-refractivity contribution is 5.95. The molecule has 0 aliphatic rings. The van der Waals surface area contributed by atoms with Gasteiger partial charge < -0.3 is 4.74 Å². The number of rotatable bonds is 2. The van der Waals surface area contributed by atoms with E-state index in [-0.39, 0.29) is 11.3 Å². The summed E-state index contributed by atoms with van der Waals surface area (Å²) in [7, 11) is 1.30. The third-order valence-electron chi connectivity index (χ3n) is 1.58. The molecule has 0 saturated carbocycles. The molecule has 0 bridgehead atoms. The van der Waals surface area contributed by atoms with Crippen LogP contribution in [0.2, 0.25) is 0 Å². The first-order chi connectivity index (χ1) is 6.69. The Balaban J connectivity index is 3.01. The minimum absolute atomic E-state index is 0.0319. The van der Waals surface area contributed by atoms with Crippen molar-refractivity contribution in [2.75, 3.05) is 7.11 Å². The highest BCUT2D eigenvalue weighted by atomic mass is 19.1. The molecule has 0 atom stereocenters. The highest BCUT2D eigenvalue weighted by Gasteiger charge is 2.08. The molecule has 0 radical (unpaired) electrons. The molecule has 1 N–H and O–H groups in total. The zero-order valence-corrected chi connectivity index (χ0v) is 7.37. The summed E-state index contributed by atoms with van der Waals surface area (Å²) in [6.45, 7) is 0. The molecule has 5 heteroatoms. The highest BCUT2D eigenvalue weighted by Crippen LogP contribution is 2.17. The van der Waals surface area contributed by atoms with Crippen molar-refractivity contribution in [3.8, 4) is 11.9 Å². The van der Waals surface area contributed by atoms with Gasteiger partial charge in [-0.3, -0.25) is 10.1 Å². The Hall–Kier alpha value is -2.09. The number of hydrogen-bond donors (Lipinski definition) is 1. The maximum Gasteiger partial charge on any atom is 0.264 e. The third-order valence-corrected chi connectivity index (χ3v) is 1.58. The van der Waals surface area contributed by atoms with Crippen LogP contribution in [0.4, 0.5) is 4.39 Å². The van der Waals surface area contributed by atoms with Crippen molar-refractivity contribution in [2.45, 2.75) is 0 Å². The van der Waals surface area contributed by atoms with E-state index in [9.17, 15) is 9.18 Å². The van der Waals surface area contributed by atoms with E-state index in [1.54, 1.807) is 0 Å². The average Bonchev–Trinajstić information content (AvgIpc) is 2.19. The van der Waals surface area contributed by atoms with E-state index in [1.165, 1.54) is 25.4 Å². The number of carbonyl (C=O) groups excluding carboxylic acids is 1. The molecule has 1 aromatic rings. The van der Waals surface area contributed by atoms with Gasteiger partial charge in [-0.2, -0.15) is 5.26 Å². The molecule has 1 amide bonds. The molecule has 0 saturated heterocycles. The fraction of sp³-hybridized carbons (Fsp3) is 0.111. The van der Waals surface area contributed by atoms with Crippen molar-refractivity contribution < 1.29 is 13.9 Å². The van der Waals surface area contributed by atoms with Crippen LogP contribution >= 0.6 is 0 Å². The second-order valence-electron chi connectivity index (χ2n) is 2.42. The quantitative estimate of drug-likeness (QED) is 0.565. The predicted molar refractivity (Wildman–Crippen MR) is 46.0 cm³/mol. The molecule has 0 fully saturated rings. The van der Waals surface area contributed by atoms with Gasteiger partial charge in [-0.25, -0.2) is 4.39 Å². The van der Waals surface area contributed by atoms with E-state index in [0.717, 1.165) is 6.07 Å². The topological polar surface area (TPSA) is 62.1 Å². The number of methoxy groups -OCH3 is 1. The third kappa shape index (κ3) is 1.98. The van der Waals surface area contributed by atoms with Gasteiger partial charge in [0.1, 0.15) is 0 Å². The van der Waals surface area contributed by atoms with Crippen LogP contribution in [0.25, 0.3) is 0 Å². The number of ether oxygens (including phenoxy) is 1. The van der Waals surface area contributed by atoms with Crippen LogP contribution in [0.5, 0.6) is 5.75 Å². The van der Waals surface area contributed by atoms with E-state index in [2.05, 4.69) is 4.74 Å². The first kappa shape index (κ1) is 9.99. The Morgan fingerprint density at radius 1 is 1.64 bits per heavy atom. The van der Waals surface area contributed by atoms with Gasteiger partial charge in [0.15, 0.2) is 17.8 Å². The van der Waals surface area contributed by atoms with Crippen LogP contribution in [0.1, 0.15) is 10.4 Å². The Bertz CT molecular complexity index is 398. The lowest BCUT2D eigenvalue weighted by Crippen LogP contribution is -2.17. The molecular formula is C9H7FN2O2. The van der Waals surface area contributed by atoms with Gasteiger partial charge in [0, 0.05) is 5.56 Å². The summed E-state index contributed by atoms with van der Waals surface area (Å²) in [5.74, 6) is -1.18. The number of benzene rings is 1. The molecule has 4 nitrogen and oxygen atoms in total. The predicted octanol–water partition coefficient (Wildman–Crippen LogP) is 1.05. The van der Waals surface area contributed by atoms with Gasteiger partial charge in [-0.1, -0.05) is 0 Å². The molecule has 1 aromatic carbocycles. The van der Waals surface area contributed by atoms with Crippen LogP contribution in [-0.2, 0) is 0 Å². The van der Waals surface area contributed by atoms with E-state index < -0.39 is 11.7 Å². The number of nitriles is 1. The molecule has 0 heterocycles. The van der Waals surface area contributed by atoms with Crippen LogP contribution in [0, 0.1) is 17.3 Å². The summed E-state index contributed by atoms with van der Waals surface area (Å²) in [5.41, 5.74) is 0.171. The molecule has 0 aliphatic carbocycles. The van der Waals surface area contributed by atoms with Crippen molar-refractivity contribution >= 4 is 5.91 Å². The van der Waals surface area contributed by atoms with Crippen LogP contribution in [-0.4, -0.2) is 13.0 Å². The zero-order chi connectivity index (χ0) is 10.6. The first-order valence-corrected chi connectivity index (χ1v) is 3.72. The van der Waals surface area contributed by atoms with E-state index in [0.29, 0.717) is 0 Å². The molecule has 0 spiro atoms. The number of nitrogens with zero attached hydrogens (tertiary/aromatic N) is 1. The van der Waals surface area contributed by atoms with E-state index in [1.807, 2.05) is 5.32 Å². The van der Waals surface area contributed by atoms with E-state index in [4.69, 9.17) is 5.26 Å². The molecule has 0 aliphatic heterocycles. The summed E-state index contributed by atoms with van der Waals surface area (Å²) in [5, 5.41) is 10.1. The van der Waals surface area contributed by atoms with Crippen LogP contribution in [0.3, 0.4) is 0 Å². The molecule has 0 unspecified atom stereocenters. The monoisotopic (exact) mass is 194 g/mol. The van der Waals surface area contributed by atoms with Crippen molar-refractivity contribution in [2.24, 2.45) is 0 Å². The molecule has 0 aromatic heterocycles. The number of carbonyl (C=O) groups is 1. The molecule has 72 valence electrons. The molecular weight excluding hydrogens is 187 g/mol. The Morgan fingerprint density at radius 2 is 2.36 bits per heavy atom. The smallest absolute Gasteiger partial charge is 0.264 e. The number of halogens is 1. The second kappa shape index (κ2) is 4.23. The molecule has 1 rings (SSSR count). The SMILES string of the molecule is COc1cc(C(=O)NC#N)ccc1F. The van der Waals surface area contributed by atoms with Crippen LogP contribution in [0.15, 0.2) is 18.2 Å². The summed E-state index contributed by atoms with van der Waals surface area (Å²) in [4.78, 5) is 11.1. The van der Waals surface area contributed by atoms with Crippen molar-refractivity contribution in [1.82, 2.24) is 5.32 Å². The summed E-state index contributed by atoms with van der Waals surface area (Å²) in [6, 6.07) is 3.59. The lowest BCUT2D eigenvalue weighted by molar-refractivity contribution is 0.0972. The average molecular weight is 194 g/mol. The van der Waals surface area contributed by atoms with Crippen molar-refractivity contribution in [3.05, 3.63) is 29.6 Å². The largest absolute Gasteiger partial charge is 0.494 e. The lowest BCUT2D eigenvalue weighted by atomic mass is 10.2. The number of amides is 1. The minimum atomic E-state index is -0.592. The van der Waals surface area contributed by atoms with Crippen molar-refractivity contribution in [1.29, 1.82) is 5.26 Å². The number of nitrogens with one attached hydrogen (secondary N) is 1. The lowest BCUT2D eigenvalue weighted by Gasteiger charge is -2.03. The Kier molecular flexibility index (Phi) is 3.02. The maximum absolute atomic E-state index is 12.9. The summed E-state index contributed by atoms with van der Waals surface area (Å²) in [6.07, 6.45) is 1.48. The van der Waals surface area contributed by atoms with Gasteiger partial charge in [0.2, 0.25) is 0 Å². The standard InChI is InChI=1S/C9H7FN2O2/c1-14-8-4-6(2-3-7(8)10)9(13)12-5-11/h2-4H,1H3,(H,12,13). The van der Waals surface area contributed by atoms with Crippen molar-refractivity contribution in [3.63, 3.8) is 0 Å². The van der Waals surface area contributed by atoms with Gasteiger partial charge >= 0.3 is 0 Å². The summed E-state index contributed by atoms with van der Waals surface area (Å²) >= 11 is 0. The fourth-order valence-electron chi connectivity index (χ4n) is 0.924. The normalized spacial score (nSPS) is 8.93. The number of hydrogen-bond acceptors (Lipinski definition) is 3. The molecule has 14 heavy (non-hydrogen) atoms. The fourth-order valence-corrected chi connectivity index (χ4v) is 0.924. The second-order valence-corrected chi connectivity index (χ2v) is 2.42. The van der Waals surface area contributed by atoms with E-state index >= 15 is 0 Å². The Morgan fingerprint density at radius 3 is 2.93 bits per heavy atom. The van der Waals surface area contributed by atoms with Gasteiger partial charge in [0.25, 0.3) is 5.91 Å².